The largest absolute Gasteiger partial charge is 0.365 e. The Labute approximate surface area is 126 Å². The lowest BCUT2D eigenvalue weighted by Crippen LogP contribution is -2.24. The van der Waals surface area contributed by atoms with Crippen molar-refractivity contribution in [2.24, 2.45) is 0 Å². The van der Waals surface area contributed by atoms with Gasteiger partial charge in [-0.2, -0.15) is 5.10 Å². The molecule has 1 heterocycles. The van der Waals surface area contributed by atoms with E-state index in [4.69, 9.17) is 35.4 Å². The Kier molecular flexibility index (Phi) is 4.63. The van der Waals surface area contributed by atoms with Crippen molar-refractivity contribution in [3.8, 4) is 0 Å². The van der Waals surface area contributed by atoms with Crippen molar-refractivity contribution < 1.29 is 0 Å². The predicted octanol–water partition coefficient (Wildman–Crippen LogP) is 3.15. The van der Waals surface area contributed by atoms with E-state index in [9.17, 15) is 0 Å². The Morgan fingerprint density at radius 1 is 1.32 bits per heavy atom. The molecule has 0 radical (unpaired) electrons. The fourth-order valence-electron chi connectivity index (χ4n) is 1.53. The molecule has 0 aliphatic carbocycles. The molecule has 0 aliphatic heterocycles. The molecule has 0 spiro atoms. The molecule has 0 aliphatic rings. The summed E-state index contributed by atoms with van der Waals surface area (Å²) in [4.78, 5) is 0. The second kappa shape index (κ2) is 6.23. The molecule has 1 aromatic heterocycles. The summed E-state index contributed by atoms with van der Waals surface area (Å²) in [5, 5.41) is 11.7. The van der Waals surface area contributed by atoms with E-state index in [1.54, 1.807) is 17.9 Å². The first-order valence-corrected chi connectivity index (χ1v) is 6.71. The zero-order chi connectivity index (χ0) is 13.8. The third-order valence-corrected chi connectivity index (χ3v) is 3.42. The zero-order valence-corrected chi connectivity index (χ0v) is 12.5. The van der Waals surface area contributed by atoms with Gasteiger partial charge in [-0.05, 0) is 23.8 Å². The molecule has 0 saturated heterocycles. The number of nitrogens with one attached hydrogen (secondary N) is 2. The van der Waals surface area contributed by atoms with E-state index >= 15 is 0 Å². The summed E-state index contributed by atoms with van der Waals surface area (Å²) in [5.74, 6) is 0.521. The number of hydrogen-bond donors (Lipinski definition) is 2. The molecular formula is C12H12Cl2N4S. The molecule has 0 amide bonds. The van der Waals surface area contributed by atoms with Crippen LogP contribution in [-0.2, 0) is 6.54 Å². The summed E-state index contributed by atoms with van der Waals surface area (Å²) in [6.07, 6.45) is 1.73. The number of hydrogen-bond acceptors (Lipinski definition) is 2. The van der Waals surface area contributed by atoms with Gasteiger partial charge in [-0.25, -0.2) is 0 Å². The number of aromatic nitrogens is 2. The quantitative estimate of drug-likeness (QED) is 0.854. The van der Waals surface area contributed by atoms with E-state index in [-0.39, 0.29) is 0 Å². The third kappa shape index (κ3) is 3.59. The van der Waals surface area contributed by atoms with Crippen LogP contribution in [0.2, 0.25) is 10.0 Å². The molecule has 0 bridgehead atoms. The van der Waals surface area contributed by atoms with Crippen LogP contribution in [0, 0.1) is 0 Å². The van der Waals surface area contributed by atoms with Crippen molar-refractivity contribution in [2.75, 3.05) is 12.4 Å². The topological polar surface area (TPSA) is 41.9 Å². The summed E-state index contributed by atoms with van der Waals surface area (Å²) >= 11 is 17.2. The van der Waals surface area contributed by atoms with Crippen LogP contribution in [0.3, 0.4) is 0 Å². The molecule has 7 heteroatoms. The Morgan fingerprint density at radius 2 is 2.05 bits per heavy atom. The number of rotatable bonds is 3. The minimum absolute atomic E-state index is 0.463. The van der Waals surface area contributed by atoms with Gasteiger partial charge in [0.25, 0.3) is 0 Å². The van der Waals surface area contributed by atoms with Gasteiger partial charge in [0.05, 0.1) is 6.54 Å². The molecule has 0 saturated carbocycles. The molecule has 0 atom stereocenters. The lowest BCUT2D eigenvalue weighted by Gasteiger charge is -2.05. The van der Waals surface area contributed by atoms with Crippen molar-refractivity contribution in [3.05, 3.63) is 46.1 Å². The first kappa shape index (κ1) is 14.1. The minimum Gasteiger partial charge on any atom is -0.365 e. The van der Waals surface area contributed by atoms with Gasteiger partial charge in [-0.15, -0.1) is 0 Å². The standard InChI is InChI=1S/C12H12Cl2N4S/c1-15-12(19)16-11-10(14)7-18(17-11)6-8-4-2-3-5-9(8)13/h2-5,7H,6H2,1H3,(H2,15,16,17,19). The second-order valence-corrected chi connectivity index (χ2v) is 5.04. The smallest absolute Gasteiger partial charge is 0.173 e. The summed E-state index contributed by atoms with van der Waals surface area (Å²) < 4.78 is 1.71. The Balaban J connectivity index is 2.16. The van der Waals surface area contributed by atoms with Crippen LogP contribution < -0.4 is 10.6 Å². The summed E-state index contributed by atoms with van der Waals surface area (Å²) in [6.45, 7) is 0.549. The first-order valence-electron chi connectivity index (χ1n) is 5.55. The number of thiocarbonyl (C=S) groups is 1. The van der Waals surface area contributed by atoms with E-state index in [0.29, 0.717) is 27.5 Å². The van der Waals surface area contributed by atoms with Gasteiger partial charge in [0.2, 0.25) is 0 Å². The molecule has 1 aromatic carbocycles. The maximum Gasteiger partial charge on any atom is 0.173 e. The van der Waals surface area contributed by atoms with Crippen molar-refractivity contribution in [3.63, 3.8) is 0 Å². The van der Waals surface area contributed by atoms with E-state index in [0.717, 1.165) is 5.56 Å². The SMILES string of the molecule is CNC(=S)Nc1nn(Cc2ccccc2Cl)cc1Cl. The van der Waals surface area contributed by atoms with Gasteiger partial charge in [0.1, 0.15) is 5.02 Å². The van der Waals surface area contributed by atoms with Gasteiger partial charge < -0.3 is 10.6 Å². The third-order valence-electron chi connectivity index (χ3n) is 2.47. The summed E-state index contributed by atoms with van der Waals surface area (Å²) in [5.41, 5.74) is 0.978. The maximum atomic E-state index is 6.11. The Bertz CT molecular complexity index is 597. The van der Waals surface area contributed by atoms with Crippen LogP contribution in [0.1, 0.15) is 5.56 Å². The molecule has 2 rings (SSSR count). The van der Waals surface area contributed by atoms with Crippen LogP contribution >= 0.6 is 35.4 Å². The maximum absolute atomic E-state index is 6.11. The van der Waals surface area contributed by atoms with Gasteiger partial charge in [-0.3, -0.25) is 4.68 Å². The minimum atomic E-state index is 0.463. The van der Waals surface area contributed by atoms with Gasteiger partial charge in [-0.1, -0.05) is 41.4 Å². The van der Waals surface area contributed by atoms with Crippen molar-refractivity contribution in [1.29, 1.82) is 0 Å². The average molecular weight is 315 g/mol. The fraction of sp³-hybridized carbons (Fsp3) is 0.167. The molecule has 0 unspecified atom stereocenters. The van der Waals surface area contributed by atoms with Gasteiger partial charge in [0, 0.05) is 18.3 Å². The highest BCUT2D eigenvalue weighted by atomic mass is 35.5. The molecule has 100 valence electrons. The number of benzene rings is 1. The van der Waals surface area contributed by atoms with Crippen LogP contribution in [0.15, 0.2) is 30.5 Å². The summed E-state index contributed by atoms with van der Waals surface area (Å²) in [7, 11) is 1.73. The fourth-order valence-corrected chi connectivity index (χ4v) is 2.02. The Hall–Kier alpha value is -1.30. The van der Waals surface area contributed by atoms with Crippen molar-refractivity contribution >= 4 is 46.4 Å². The molecule has 2 aromatic rings. The predicted molar refractivity (Wildman–Crippen MR) is 83.1 cm³/mol. The van der Waals surface area contributed by atoms with E-state index < -0.39 is 0 Å². The van der Waals surface area contributed by atoms with Crippen LogP contribution in [-0.4, -0.2) is 21.9 Å². The van der Waals surface area contributed by atoms with Crippen LogP contribution in [0.25, 0.3) is 0 Å². The lowest BCUT2D eigenvalue weighted by atomic mass is 10.2. The molecule has 0 fully saturated rings. The normalized spacial score (nSPS) is 10.3. The second-order valence-electron chi connectivity index (χ2n) is 3.82. The van der Waals surface area contributed by atoms with Crippen molar-refractivity contribution in [2.45, 2.75) is 6.54 Å². The molecular weight excluding hydrogens is 303 g/mol. The average Bonchev–Trinajstić information content (AvgIpc) is 2.72. The molecule has 2 N–H and O–H groups in total. The molecule has 19 heavy (non-hydrogen) atoms. The number of anilines is 1. The van der Waals surface area contributed by atoms with Gasteiger partial charge >= 0.3 is 0 Å². The monoisotopic (exact) mass is 314 g/mol. The number of halogens is 2. The van der Waals surface area contributed by atoms with Gasteiger partial charge in [0.15, 0.2) is 10.9 Å². The highest BCUT2D eigenvalue weighted by Crippen LogP contribution is 2.21. The van der Waals surface area contributed by atoms with Crippen LogP contribution in [0.4, 0.5) is 5.82 Å². The number of nitrogens with zero attached hydrogens (tertiary/aromatic N) is 2. The molecule has 4 nitrogen and oxygen atoms in total. The van der Waals surface area contributed by atoms with E-state index in [1.165, 1.54) is 0 Å². The van der Waals surface area contributed by atoms with E-state index in [1.807, 2.05) is 24.3 Å². The van der Waals surface area contributed by atoms with E-state index in [2.05, 4.69) is 15.7 Å². The Morgan fingerprint density at radius 3 is 2.74 bits per heavy atom. The first-order chi connectivity index (χ1) is 9.10. The van der Waals surface area contributed by atoms with Crippen molar-refractivity contribution in [1.82, 2.24) is 15.1 Å². The summed E-state index contributed by atoms with van der Waals surface area (Å²) in [6, 6.07) is 7.61. The highest BCUT2D eigenvalue weighted by Gasteiger charge is 2.09. The lowest BCUT2D eigenvalue weighted by molar-refractivity contribution is 0.690. The zero-order valence-electron chi connectivity index (χ0n) is 10.2. The highest BCUT2D eigenvalue weighted by molar-refractivity contribution is 7.80. The van der Waals surface area contributed by atoms with Crippen LogP contribution in [0.5, 0.6) is 0 Å².